The lowest BCUT2D eigenvalue weighted by Crippen LogP contribution is -2.54. The van der Waals surface area contributed by atoms with Gasteiger partial charge in [0, 0.05) is 0 Å². The number of carbonyl (C=O) groups excluding carboxylic acids is 3. The Morgan fingerprint density at radius 1 is 1.15 bits per heavy atom. The van der Waals surface area contributed by atoms with Crippen LogP contribution in [-0.2, 0) is 25.5 Å². The Morgan fingerprint density at radius 2 is 1.85 bits per heavy atom. The third-order valence-electron chi connectivity index (χ3n) is 4.91. The highest BCUT2D eigenvalue weighted by Gasteiger charge is 2.34. The first-order valence-electron chi connectivity index (χ1n) is 10.4. The van der Waals surface area contributed by atoms with E-state index in [4.69, 9.17) is 33.3 Å². The van der Waals surface area contributed by atoms with Gasteiger partial charge in [0.2, 0.25) is 0 Å². The highest BCUT2D eigenvalue weighted by atomic mass is 35.5. The number of benzene rings is 2. The molecular weight excluding hydrogens is 480 g/mol. The first-order valence-corrected chi connectivity index (χ1v) is 11.2. The predicted molar refractivity (Wildman–Crippen MR) is 132 cm³/mol. The van der Waals surface area contributed by atoms with E-state index in [1.165, 1.54) is 24.2 Å². The van der Waals surface area contributed by atoms with Crippen LogP contribution in [0.15, 0.2) is 42.0 Å². The van der Waals surface area contributed by atoms with Gasteiger partial charge < -0.3 is 14.2 Å². The molecule has 0 saturated carbocycles. The topological polar surface area (TPSA) is 94.2 Å². The van der Waals surface area contributed by atoms with E-state index in [2.05, 4.69) is 10.1 Å². The summed E-state index contributed by atoms with van der Waals surface area (Å²) in [7, 11) is 1.24. The molecule has 178 valence electrons. The van der Waals surface area contributed by atoms with Crippen LogP contribution in [0.3, 0.4) is 0 Å². The lowest BCUT2D eigenvalue weighted by molar-refractivity contribution is -0.143. The van der Waals surface area contributed by atoms with Crippen molar-refractivity contribution in [1.29, 1.82) is 0 Å². The zero-order valence-corrected chi connectivity index (χ0v) is 20.4. The predicted octanol–water partition coefficient (Wildman–Crippen LogP) is 3.68. The summed E-state index contributed by atoms with van der Waals surface area (Å²) >= 11 is 11.6. The van der Waals surface area contributed by atoms with Crippen molar-refractivity contribution in [3.05, 3.63) is 58.1 Å². The molecule has 1 fully saturated rings. The van der Waals surface area contributed by atoms with Crippen molar-refractivity contribution in [3.8, 4) is 11.5 Å². The van der Waals surface area contributed by atoms with Crippen molar-refractivity contribution >= 4 is 58.5 Å². The number of aryl methyl sites for hydroxylation is 1. The zero-order valence-electron chi connectivity index (χ0n) is 18.8. The molecular formula is C24H23ClN2O6S. The molecule has 1 saturated heterocycles. The summed E-state index contributed by atoms with van der Waals surface area (Å²) in [5, 5.41) is 2.68. The van der Waals surface area contributed by atoms with E-state index < -0.39 is 17.8 Å². The van der Waals surface area contributed by atoms with Gasteiger partial charge >= 0.3 is 5.97 Å². The second kappa shape index (κ2) is 11.1. The molecule has 0 radical (unpaired) electrons. The maximum Gasteiger partial charge on any atom is 0.343 e. The van der Waals surface area contributed by atoms with Gasteiger partial charge in [-0.1, -0.05) is 30.7 Å². The molecule has 3 rings (SSSR count). The highest BCUT2D eigenvalue weighted by Crippen LogP contribution is 2.37. The SMILES string of the molecule is CCOc1cc(/C=C2\C(=O)NC(=S)N(c3ccc(CC)cc3)C2=O)cc(Cl)c1OCC(=O)OC. The second-order valence-electron chi connectivity index (χ2n) is 7.11. The van der Waals surface area contributed by atoms with E-state index in [1.54, 1.807) is 25.1 Å². The fourth-order valence-electron chi connectivity index (χ4n) is 3.20. The molecule has 1 aliphatic rings. The van der Waals surface area contributed by atoms with Crippen LogP contribution in [-0.4, -0.2) is 43.2 Å². The molecule has 0 spiro atoms. The minimum Gasteiger partial charge on any atom is -0.490 e. The first kappa shape index (κ1) is 25.2. The average molecular weight is 503 g/mol. The summed E-state index contributed by atoms with van der Waals surface area (Å²) in [6.07, 6.45) is 2.24. The Bertz CT molecular complexity index is 1160. The van der Waals surface area contributed by atoms with Crippen molar-refractivity contribution in [1.82, 2.24) is 5.32 Å². The average Bonchev–Trinajstić information content (AvgIpc) is 2.81. The molecule has 0 bridgehead atoms. The minimum absolute atomic E-state index is 0.00371. The molecule has 10 heteroatoms. The smallest absolute Gasteiger partial charge is 0.343 e. The number of nitrogens with zero attached hydrogens (tertiary/aromatic N) is 1. The fraction of sp³-hybridized carbons (Fsp3) is 0.250. The lowest BCUT2D eigenvalue weighted by atomic mass is 10.1. The van der Waals surface area contributed by atoms with Gasteiger partial charge in [-0.2, -0.15) is 0 Å². The number of hydrogen-bond donors (Lipinski definition) is 1. The molecule has 1 aliphatic heterocycles. The molecule has 0 atom stereocenters. The van der Waals surface area contributed by atoms with Crippen molar-refractivity contribution in [2.24, 2.45) is 0 Å². The Hall–Kier alpha value is -3.43. The summed E-state index contributed by atoms with van der Waals surface area (Å²) in [6, 6.07) is 10.4. The third-order valence-corrected chi connectivity index (χ3v) is 5.47. The Kier molecular flexibility index (Phi) is 8.25. The molecule has 0 aliphatic carbocycles. The number of ether oxygens (including phenoxy) is 3. The molecule has 0 aromatic heterocycles. The number of anilines is 1. The minimum atomic E-state index is -0.628. The van der Waals surface area contributed by atoms with Crippen LogP contribution in [0.25, 0.3) is 6.08 Å². The summed E-state index contributed by atoms with van der Waals surface area (Å²) in [5.41, 5.74) is 1.94. The fourth-order valence-corrected chi connectivity index (χ4v) is 3.76. The maximum absolute atomic E-state index is 13.2. The number of amides is 2. The van der Waals surface area contributed by atoms with Crippen molar-refractivity contribution in [2.45, 2.75) is 20.3 Å². The monoisotopic (exact) mass is 502 g/mol. The maximum atomic E-state index is 13.2. The number of thiocarbonyl (C=S) groups is 1. The van der Waals surface area contributed by atoms with Crippen LogP contribution in [0.2, 0.25) is 5.02 Å². The van der Waals surface area contributed by atoms with Crippen molar-refractivity contribution < 1.29 is 28.6 Å². The van der Waals surface area contributed by atoms with Crippen LogP contribution in [0.1, 0.15) is 25.0 Å². The normalized spacial score (nSPS) is 14.8. The largest absolute Gasteiger partial charge is 0.490 e. The summed E-state index contributed by atoms with van der Waals surface area (Å²) in [5.74, 6) is -1.39. The first-order chi connectivity index (χ1) is 16.3. The van der Waals surface area contributed by atoms with Gasteiger partial charge in [-0.25, -0.2) is 4.79 Å². The number of nitrogens with one attached hydrogen (secondary N) is 1. The number of rotatable bonds is 8. The van der Waals surface area contributed by atoms with Gasteiger partial charge in [0.15, 0.2) is 23.2 Å². The van der Waals surface area contributed by atoms with Gasteiger partial charge in [0.1, 0.15) is 5.57 Å². The number of esters is 1. The van der Waals surface area contributed by atoms with Crippen LogP contribution in [0.5, 0.6) is 11.5 Å². The molecule has 1 heterocycles. The van der Waals surface area contributed by atoms with Crippen LogP contribution in [0, 0.1) is 0 Å². The molecule has 0 unspecified atom stereocenters. The third kappa shape index (κ3) is 5.55. The molecule has 2 aromatic carbocycles. The zero-order chi connectivity index (χ0) is 24.8. The highest BCUT2D eigenvalue weighted by molar-refractivity contribution is 7.80. The number of methoxy groups -OCH3 is 1. The summed E-state index contributed by atoms with van der Waals surface area (Å²) in [6.45, 7) is 3.73. The Balaban J connectivity index is 1.97. The quantitative estimate of drug-likeness (QED) is 0.254. The van der Waals surface area contributed by atoms with Gasteiger partial charge in [-0.3, -0.25) is 19.8 Å². The Morgan fingerprint density at radius 3 is 2.47 bits per heavy atom. The van der Waals surface area contributed by atoms with Gasteiger partial charge in [-0.05, 0) is 67.0 Å². The van der Waals surface area contributed by atoms with E-state index in [0.29, 0.717) is 17.9 Å². The van der Waals surface area contributed by atoms with E-state index in [9.17, 15) is 14.4 Å². The number of halogens is 1. The summed E-state index contributed by atoms with van der Waals surface area (Å²) < 4.78 is 15.6. The van der Waals surface area contributed by atoms with Crippen LogP contribution < -0.4 is 19.7 Å². The van der Waals surface area contributed by atoms with E-state index in [0.717, 1.165) is 12.0 Å². The van der Waals surface area contributed by atoms with Crippen LogP contribution >= 0.6 is 23.8 Å². The standard InChI is InChI=1S/C24H23ClN2O6S/c1-4-14-6-8-16(9-7-14)27-23(30)17(22(29)26-24(27)34)10-15-11-18(25)21(19(12-15)32-5-2)33-13-20(28)31-3/h6-12H,4-5,13H2,1-3H3,(H,26,29,34)/b17-10+. The number of hydrogen-bond acceptors (Lipinski definition) is 7. The van der Waals surface area contributed by atoms with E-state index in [1.807, 2.05) is 19.1 Å². The van der Waals surface area contributed by atoms with Gasteiger partial charge in [0.25, 0.3) is 11.8 Å². The number of carbonyl (C=O) groups is 3. The molecule has 34 heavy (non-hydrogen) atoms. The second-order valence-corrected chi connectivity index (χ2v) is 7.90. The summed E-state index contributed by atoms with van der Waals surface area (Å²) in [4.78, 5) is 38.6. The van der Waals surface area contributed by atoms with Gasteiger partial charge in [-0.15, -0.1) is 0 Å². The molecule has 2 amide bonds. The van der Waals surface area contributed by atoms with E-state index in [-0.39, 0.29) is 33.8 Å². The molecule has 1 N–H and O–H groups in total. The lowest BCUT2D eigenvalue weighted by Gasteiger charge is -2.29. The van der Waals surface area contributed by atoms with E-state index >= 15 is 0 Å². The van der Waals surface area contributed by atoms with Crippen LogP contribution in [0.4, 0.5) is 5.69 Å². The molecule has 2 aromatic rings. The Labute approximate surface area is 207 Å². The van der Waals surface area contributed by atoms with Crippen molar-refractivity contribution in [3.63, 3.8) is 0 Å². The van der Waals surface area contributed by atoms with Gasteiger partial charge in [0.05, 0.1) is 24.4 Å². The molecule has 8 nitrogen and oxygen atoms in total. The van der Waals surface area contributed by atoms with Crippen molar-refractivity contribution in [2.75, 3.05) is 25.2 Å².